The number of aromatic nitrogens is 2. The normalized spacial score (nSPS) is 13.6. The molecule has 0 radical (unpaired) electrons. The smallest absolute Gasteiger partial charge is 0.240 e. The highest BCUT2D eigenvalue weighted by Gasteiger charge is 2.23. The number of benzene rings is 1. The topological polar surface area (TPSA) is 83.4 Å². The molecule has 1 aliphatic rings. The van der Waals surface area contributed by atoms with Crippen LogP contribution >= 0.6 is 0 Å². The highest BCUT2D eigenvalue weighted by molar-refractivity contribution is 5.72. The molecular weight excluding hydrogens is 246 g/mol. The number of fused-ring (bicyclic) bond motifs is 1. The van der Waals surface area contributed by atoms with Gasteiger partial charge in [-0.1, -0.05) is 5.16 Å². The summed E-state index contributed by atoms with van der Waals surface area (Å²) < 4.78 is 16.5. The molecule has 2 N–H and O–H groups in total. The molecule has 1 aromatic carbocycles. The molecule has 0 spiro atoms. The van der Waals surface area contributed by atoms with Gasteiger partial charge in [-0.2, -0.15) is 4.98 Å². The van der Waals surface area contributed by atoms with E-state index in [-0.39, 0.29) is 6.54 Å². The second-order valence-electron chi connectivity index (χ2n) is 4.44. The second-order valence-corrected chi connectivity index (χ2v) is 4.44. The van der Waals surface area contributed by atoms with Crippen LogP contribution in [0.4, 0.5) is 0 Å². The van der Waals surface area contributed by atoms with Gasteiger partial charge in [0.15, 0.2) is 11.5 Å². The maximum Gasteiger partial charge on any atom is 0.240 e. The summed E-state index contributed by atoms with van der Waals surface area (Å²) in [6, 6.07) is 1.98. The number of nitrogens with zero attached hydrogens (tertiary/aromatic N) is 2. The maximum absolute atomic E-state index is 5.71. The van der Waals surface area contributed by atoms with Crippen LogP contribution in [0.2, 0.25) is 0 Å². The zero-order valence-electron chi connectivity index (χ0n) is 10.9. The monoisotopic (exact) mass is 261 g/mol. The Morgan fingerprint density at radius 3 is 2.63 bits per heavy atom. The lowest BCUT2D eigenvalue weighted by molar-refractivity contribution is 0.171. The van der Waals surface area contributed by atoms with Crippen molar-refractivity contribution in [3.63, 3.8) is 0 Å². The van der Waals surface area contributed by atoms with Crippen molar-refractivity contribution in [2.24, 2.45) is 5.73 Å². The molecule has 3 rings (SSSR count). The third-order valence-electron chi connectivity index (χ3n) is 3.20. The summed E-state index contributed by atoms with van der Waals surface area (Å²) in [4.78, 5) is 4.24. The fourth-order valence-corrected chi connectivity index (χ4v) is 2.08. The van der Waals surface area contributed by atoms with Gasteiger partial charge in [-0.15, -0.1) is 0 Å². The predicted molar refractivity (Wildman–Crippen MR) is 68.1 cm³/mol. The Morgan fingerprint density at radius 1 is 1.21 bits per heavy atom. The summed E-state index contributed by atoms with van der Waals surface area (Å²) in [6.45, 7) is 5.31. The molecule has 0 atom stereocenters. The lowest BCUT2D eigenvalue weighted by Crippen LogP contribution is -2.17. The molecule has 0 aliphatic carbocycles. The third-order valence-corrected chi connectivity index (χ3v) is 3.20. The van der Waals surface area contributed by atoms with Gasteiger partial charge in [0.2, 0.25) is 11.7 Å². The summed E-state index contributed by atoms with van der Waals surface area (Å²) in [5.41, 5.74) is 8.43. The van der Waals surface area contributed by atoms with E-state index in [2.05, 4.69) is 10.1 Å². The molecule has 1 aromatic heterocycles. The summed E-state index contributed by atoms with van der Waals surface area (Å²) in [5.74, 6) is 2.32. The molecule has 6 nitrogen and oxygen atoms in total. The van der Waals surface area contributed by atoms with E-state index in [0.29, 0.717) is 30.7 Å². The summed E-state index contributed by atoms with van der Waals surface area (Å²) in [5, 5.41) is 3.93. The molecule has 19 heavy (non-hydrogen) atoms. The molecule has 2 heterocycles. The zero-order chi connectivity index (χ0) is 13.4. The molecule has 6 heteroatoms. The van der Waals surface area contributed by atoms with E-state index in [1.165, 1.54) is 0 Å². The largest absolute Gasteiger partial charge is 0.486 e. The van der Waals surface area contributed by atoms with E-state index in [1.807, 2.05) is 19.9 Å². The number of ether oxygens (including phenoxy) is 2. The molecule has 0 fully saturated rings. The number of rotatable bonds is 2. The van der Waals surface area contributed by atoms with E-state index >= 15 is 0 Å². The Morgan fingerprint density at radius 2 is 1.95 bits per heavy atom. The Labute approximate surface area is 110 Å². The Bertz CT molecular complexity index is 622. The van der Waals surface area contributed by atoms with Crippen molar-refractivity contribution in [3.05, 3.63) is 23.1 Å². The SMILES string of the molecule is Cc1cc(-c2noc(CN)n2)c2c(c1C)OCCO2. The fraction of sp³-hybridized carbons (Fsp3) is 0.385. The molecule has 0 bridgehead atoms. The number of nitrogens with two attached hydrogens (primary N) is 1. The van der Waals surface area contributed by atoms with Gasteiger partial charge in [0.1, 0.15) is 13.2 Å². The first-order valence-corrected chi connectivity index (χ1v) is 6.13. The molecule has 0 saturated heterocycles. The zero-order valence-corrected chi connectivity index (χ0v) is 10.9. The van der Waals surface area contributed by atoms with Crippen LogP contribution < -0.4 is 15.2 Å². The molecule has 0 amide bonds. The Kier molecular flexibility index (Phi) is 2.87. The van der Waals surface area contributed by atoms with Gasteiger partial charge >= 0.3 is 0 Å². The molecule has 2 aromatic rings. The first-order valence-electron chi connectivity index (χ1n) is 6.13. The Balaban J connectivity index is 2.17. The van der Waals surface area contributed by atoms with E-state index in [1.54, 1.807) is 0 Å². The maximum atomic E-state index is 5.71. The second kappa shape index (κ2) is 4.55. The van der Waals surface area contributed by atoms with Crippen molar-refractivity contribution < 1.29 is 14.0 Å². The first-order chi connectivity index (χ1) is 9.20. The van der Waals surface area contributed by atoms with Crippen molar-refractivity contribution in [1.82, 2.24) is 10.1 Å². The average molecular weight is 261 g/mol. The van der Waals surface area contributed by atoms with Gasteiger partial charge in [-0.25, -0.2) is 0 Å². The highest BCUT2D eigenvalue weighted by Crippen LogP contribution is 2.42. The van der Waals surface area contributed by atoms with Crippen LogP contribution in [-0.4, -0.2) is 23.4 Å². The predicted octanol–water partition coefficient (Wildman–Crippen LogP) is 1.58. The summed E-state index contributed by atoms with van der Waals surface area (Å²) >= 11 is 0. The lowest BCUT2D eigenvalue weighted by Gasteiger charge is -2.23. The minimum atomic E-state index is 0.220. The van der Waals surface area contributed by atoms with Crippen molar-refractivity contribution >= 4 is 0 Å². The van der Waals surface area contributed by atoms with Crippen LogP contribution in [0.3, 0.4) is 0 Å². The van der Waals surface area contributed by atoms with Crippen LogP contribution in [0.25, 0.3) is 11.4 Å². The van der Waals surface area contributed by atoms with Crippen LogP contribution in [0.15, 0.2) is 10.6 Å². The van der Waals surface area contributed by atoms with Gasteiger partial charge in [0, 0.05) is 0 Å². The number of hydrogen-bond acceptors (Lipinski definition) is 6. The van der Waals surface area contributed by atoms with E-state index in [4.69, 9.17) is 19.7 Å². The van der Waals surface area contributed by atoms with E-state index < -0.39 is 0 Å². The molecule has 0 unspecified atom stereocenters. The van der Waals surface area contributed by atoms with Gasteiger partial charge in [-0.3, -0.25) is 0 Å². The van der Waals surface area contributed by atoms with Crippen molar-refractivity contribution in [1.29, 1.82) is 0 Å². The van der Waals surface area contributed by atoms with E-state index in [0.717, 1.165) is 22.4 Å². The number of aryl methyl sites for hydroxylation is 1. The van der Waals surface area contributed by atoms with Crippen LogP contribution in [0, 0.1) is 13.8 Å². The summed E-state index contributed by atoms with van der Waals surface area (Å²) in [7, 11) is 0. The summed E-state index contributed by atoms with van der Waals surface area (Å²) in [6.07, 6.45) is 0. The molecule has 0 saturated carbocycles. The molecule has 1 aliphatic heterocycles. The van der Waals surface area contributed by atoms with E-state index in [9.17, 15) is 0 Å². The van der Waals surface area contributed by atoms with Gasteiger partial charge < -0.3 is 19.7 Å². The molecule has 100 valence electrons. The lowest BCUT2D eigenvalue weighted by atomic mass is 10.0. The minimum Gasteiger partial charge on any atom is -0.486 e. The standard InChI is InChI=1S/C13H15N3O3/c1-7-5-9(13-15-10(6-14)19-16-13)12-11(8(7)2)17-3-4-18-12/h5H,3-4,6,14H2,1-2H3. The van der Waals surface area contributed by atoms with Gasteiger partial charge in [0.05, 0.1) is 12.1 Å². The molecular formula is C13H15N3O3. The number of hydrogen-bond donors (Lipinski definition) is 1. The van der Waals surface area contributed by atoms with Crippen LogP contribution in [0.5, 0.6) is 11.5 Å². The highest BCUT2D eigenvalue weighted by atomic mass is 16.6. The fourth-order valence-electron chi connectivity index (χ4n) is 2.08. The minimum absolute atomic E-state index is 0.220. The first kappa shape index (κ1) is 12.0. The van der Waals surface area contributed by atoms with Gasteiger partial charge in [0.25, 0.3) is 0 Å². The third kappa shape index (κ3) is 1.94. The van der Waals surface area contributed by atoms with Crippen LogP contribution in [0.1, 0.15) is 17.0 Å². The van der Waals surface area contributed by atoms with Crippen LogP contribution in [-0.2, 0) is 6.54 Å². The van der Waals surface area contributed by atoms with Crippen molar-refractivity contribution in [2.45, 2.75) is 20.4 Å². The van der Waals surface area contributed by atoms with Crippen molar-refractivity contribution in [2.75, 3.05) is 13.2 Å². The quantitative estimate of drug-likeness (QED) is 0.883. The Hall–Kier alpha value is -2.08. The average Bonchev–Trinajstić information content (AvgIpc) is 2.91. The van der Waals surface area contributed by atoms with Crippen molar-refractivity contribution in [3.8, 4) is 22.9 Å². The van der Waals surface area contributed by atoms with Gasteiger partial charge in [-0.05, 0) is 31.0 Å².